The van der Waals surface area contributed by atoms with Crippen molar-refractivity contribution in [3.8, 4) is 0 Å². The fourth-order valence-electron chi connectivity index (χ4n) is 1.07. The van der Waals surface area contributed by atoms with Gasteiger partial charge in [-0.3, -0.25) is 0 Å². The van der Waals surface area contributed by atoms with Gasteiger partial charge in [-0.05, 0) is 13.3 Å². The van der Waals surface area contributed by atoms with E-state index in [1.54, 1.807) is 0 Å². The quantitative estimate of drug-likeness (QED) is 0.648. The Hall–Kier alpha value is -0.810. The number of alkyl halides is 11. The van der Waals surface area contributed by atoms with E-state index in [1.165, 1.54) is 0 Å². The highest BCUT2D eigenvalue weighted by molar-refractivity contribution is 5.04. The van der Waals surface area contributed by atoms with Crippen LogP contribution < -0.4 is 0 Å². The molecule has 0 aromatic heterocycles. The SMILES string of the molecule is CCC(C)OC(F)(C(F)(F)C(F)(F)F)C(F)(F)C(F)(F)F. The summed E-state index contributed by atoms with van der Waals surface area (Å²) in [5.74, 6) is -20.8. The minimum absolute atomic E-state index is 0.563. The molecule has 1 nitrogen and oxygen atoms in total. The van der Waals surface area contributed by atoms with Crippen LogP contribution in [0.3, 0.4) is 0 Å². The van der Waals surface area contributed by atoms with Crippen molar-refractivity contribution in [1.29, 1.82) is 0 Å². The third kappa shape index (κ3) is 3.19. The molecule has 1 unspecified atom stereocenters. The minimum atomic E-state index is -7.09. The Balaban J connectivity index is 6.17. The number of ether oxygens (including phenoxy) is 1. The van der Waals surface area contributed by atoms with E-state index in [0.717, 1.165) is 6.92 Å². The maximum absolute atomic E-state index is 13.6. The van der Waals surface area contributed by atoms with Crippen LogP contribution in [0.15, 0.2) is 0 Å². The highest BCUT2D eigenvalue weighted by Crippen LogP contribution is 2.57. The molecule has 0 spiro atoms. The highest BCUT2D eigenvalue weighted by Gasteiger charge is 2.88. The highest BCUT2D eigenvalue weighted by atomic mass is 19.4. The summed E-state index contributed by atoms with van der Waals surface area (Å²) < 4.78 is 141. The predicted molar refractivity (Wildman–Crippen MR) is 46.7 cm³/mol. The fourth-order valence-corrected chi connectivity index (χ4v) is 1.07. The molecule has 128 valence electrons. The van der Waals surface area contributed by atoms with Crippen molar-refractivity contribution in [3.05, 3.63) is 0 Å². The Morgan fingerprint density at radius 1 is 0.714 bits per heavy atom. The molecule has 0 aliphatic carbocycles. The average molecular weight is 342 g/mol. The molecule has 0 aromatic carbocycles. The first-order chi connectivity index (χ1) is 8.95. The van der Waals surface area contributed by atoms with E-state index >= 15 is 0 Å². The Morgan fingerprint density at radius 2 is 1.00 bits per heavy atom. The molecule has 21 heavy (non-hydrogen) atoms. The monoisotopic (exact) mass is 342 g/mol. The van der Waals surface area contributed by atoms with Crippen LogP contribution in [0.4, 0.5) is 48.3 Å². The summed E-state index contributed by atoms with van der Waals surface area (Å²) in [6.07, 6.45) is -16.7. The molecule has 0 amide bonds. The molecular formula is C9H9F11O. The summed E-state index contributed by atoms with van der Waals surface area (Å²) in [6.45, 7) is 1.55. The van der Waals surface area contributed by atoms with Gasteiger partial charge in [0, 0.05) is 0 Å². The first-order valence-corrected chi connectivity index (χ1v) is 5.21. The smallest absolute Gasteiger partial charge is 0.333 e. The van der Waals surface area contributed by atoms with E-state index in [1.807, 2.05) is 0 Å². The van der Waals surface area contributed by atoms with E-state index in [2.05, 4.69) is 4.74 Å². The second-order valence-corrected chi connectivity index (χ2v) is 4.08. The van der Waals surface area contributed by atoms with Crippen molar-refractivity contribution in [2.45, 2.75) is 56.4 Å². The normalized spacial score (nSPS) is 17.0. The van der Waals surface area contributed by atoms with Crippen LogP contribution in [-0.4, -0.2) is 36.2 Å². The molecule has 0 aliphatic heterocycles. The van der Waals surface area contributed by atoms with Crippen molar-refractivity contribution in [3.63, 3.8) is 0 Å². The van der Waals surface area contributed by atoms with Crippen LogP contribution in [-0.2, 0) is 4.74 Å². The second-order valence-electron chi connectivity index (χ2n) is 4.08. The number of hydrogen-bond donors (Lipinski definition) is 0. The molecule has 1 atom stereocenters. The van der Waals surface area contributed by atoms with E-state index in [4.69, 9.17) is 0 Å². The first kappa shape index (κ1) is 20.2. The number of hydrogen-bond acceptors (Lipinski definition) is 1. The van der Waals surface area contributed by atoms with Gasteiger partial charge >= 0.3 is 30.1 Å². The largest absolute Gasteiger partial charge is 0.459 e. The van der Waals surface area contributed by atoms with Crippen molar-refractivity contribution in [1.82, 2.24) is 0 Å². The van der Waals surface area contributed by atoms with Gasteiger partial charge in [0.05, 0.1) is 6.10 Å². The van der Waals surface area contributed by atoms with Gasteiger partial charge in [0.25, 0.3) is 0 Å². The first-order valence-electron chi connectivity index (χ1n) is 5.21. The lowest BCUT2D eigenvalue weighted by Gasteiger charge is -2.40. The second kappa shape index (κ2) is 5.43. The van der Waals surface area contributed by atoms with Crippen LogP contribution in [0, 0.1) is 0 Å². The van der Waals surface area contributed by atoms with E-state index in [9.17, 15) is 48.3 Å². The van der Waals surface area contributed by atoms with Crippen LogP contribution in [0.5, 0.6) is 0 Å². The Kier molecular flexibility index (Phi) is 5.22. The van der Waals surface area contributed by atoms with E-state index in [-0.39, 0.29) is 0 Å². The summed E-state index contributed by atoms with van der Waals surface area (Å²) in [7, 11) is 0. The molecule has 0 saturated heterocycles. The lowest BCUT2D eigenvalue weighted by molar-refractivity contribution is -0.471. The zero-order chi connectivity index (χ0) is 17.5. The molecule has 0 radical (unpaired) electrons. The van der Waals surface area contributed by atoms with Crippen molar-refractivity contribution in [2.75, 3.05) is 0 Å². The van der Waals surface area contributed by atoms with E-state index in [0.29, 0.717) is 6.92 Å². The summed E-state index contributed by atoms with van der Waals surface area (Å²) >= 11 is 0. The zero-order valence-electron chi connectivity index (χ0n) is 10.4. The van der Waals surface area contributed by atoms with Gasteiger partial charge in [-0.25, -0.2) is 0 Å². The standard InChI is InChI=1S/C9H9F11O/c1-3-4(2)21-7(14,5(10,11)8(15,16)17)6(12,13)9(18,19)20/h4H,3H2,1-2H3. The van der Waals surface area contributed by atoms with Gasteiger partial charge in [-0.1, -0.05) is 6.92 Å². The molecule has 0 heterocycles. The molecular weight excluding hydrogens is 333 g/mol. The number of halogens is 11. The van der Waals surface area contributed by atoms with Crippen LogP contribution >= 0.6 is 0 Å². The van der Waals surface area contributed by atoms with E-state index < -0.39 is 42.6 Å². The van der Waals surface area contributed by atoms with Crippen LogP contribution in [0.1, 0.15) is 20.3 Å². The third-order valence-electron chi connectivity index (χ3n) is 2.46. The summed E-state index contributed by atoms with van der Waals surface area (Å²) in [4.78, 5) is 0. The van der Waals surface area contributed by atoms with Gasteiger partial charge < -0.3 is 4.74 Å². The van der Waals surface area contributed by atoms with Gasteiger partial charge in [-0.15, -0.1) is 0 Å². The third-order valence-corrected chi connectivity index (χ3v) is 2.46. The molecule has 0 saturated carbocycles. The molecule has 0 aliphatic rings. The Bertz CT molecular complexity index is 330. The summed E-state index contributed by atoms with van der Waals surface area (Å²) in [5.41, 5.74) is 0. The zero-order valence-corrected chi connectivity index (χ0v) is 10.4. The van der Waals surface area contributed by atoms with Crippen molar-refractivity contribution in [2.24, 2.45) is 0 Å². The van der Waals surface area contributed by atoms with Crippen LogP contribution in [0.2, 0.25) is 0 Å². The number of rotatable bonds is 5. The Morgan fingerprint density at radius 3 is 1.19 bits per heavy atom. The van der Waals surface area contributed by atoms with Crippen LogP contribution in [0.25, 0.3) is 0 Å². The van der Waals surface area contributed by atoms with Gasteiger partial charge in [-0.2, -0.15) is 48.3 Å². The molecule has 0 bridgehead atoms. The summed E-state index contributed by atoms with van der Waals surface area (Å²) in [5, 5.41) is 0. The van der Waals surface area contributed by atoms with Gasteiger partial charge in [0.15, 0.2) is 0 Å². The molecule has 0 fully saturated rings. The summed E-state index contributed by atoms with van der Waals surface area (Å²) in [6, 6.07) is 0. The molecule has 12 heteroatoms. The fraction of sp³-hybridized carbons (Fsp3) is 1.00. The van der Waals surface area contributed by atoms with Crippen molar-refractivity contribution < 1.29 is 53.0 Å². The molecule has 0 rings (SSSR count). The van der Waals surface area contributed by atoms with Gasteiger partial charge in [0.1, 0.15) is 0 Å². The topological polar surface area (TPSA) is 9.23 Å². The Labute approximate surface area is 111 Å². The minimum Gasteiger partial charge on any atom is -0.333 e. The van der Waals surface area contributed by atoms with Crippen molar-refractivity contribution >= 4 is 0 Å². The van der Waals surface area contributed by atoms with Gasteiger partial charge in [0.2, 0.25) is 0 Å². The lowest BCUT2D eigenvalue weighted by Crippen LogP contribution is -2.69. The maximum atomic E-state index is 13.6. The molecule has 0 N–H and O–H groups in total. The lowest BCUT2D eigenvalue weighted by atomic mass is 10.0. The predicted octanol–water partition coefficient (Wildman–Crippen LogP) is 4.86. The maximum Gasteiger partial charge on any atom is 0.459 e. The average Bonchev–Trinajstić information content (AvgIpc) is 2.24. The molecule has 0 aromatic rings.